The Bertz CT molecular complexity index is 770. The predicted octanol–water partition coefficient (Wildman–Crippen LogP) is 4.38. The second-order valence-electron chi connectivity index (χ2n) is 4.85. The van der Waals surface area contributed by atoms with Crippen molar-refractivity contribution in [2.75, 3.05) is 5.73 Å². The summed E-state index contributed by atoms with van der Waals surface area (Å²) in [5, 5.41) is 0. The molecule has 3 nitrogen and oxygen atoms in total. The van der Waals surface area contributed by atoms with E-state index < -0.39 is 0 Å². The highest BCUT2D eigenvalue weighted by Crippen LogP contribution is 2.32. The number of hydrogen-bond acceptors (Lipinski definition) is 2. The molecule has 0 aliphatic heterocycles. The van der Waals surface area contributed by atoms with Gasteiger partial charge in [0.25, 0.3) is 0 Å². The fourth-order valence-corrected chi connectivity index (χ4v) is 2.96. The third-order valence-electron chi connectivity index (χ3n) is 3.56. The summed E-state index contributed by atoms with van der Waals surface area (Å²) in [5.41, 5.74) is 11.2. The monoisotopic (exact) mass is 329 g/mol. The SMILES string of the molecule is CCn1c(-c2c(C)cccc2N)nc2cc(Br)ccc21. The Morgan fingerprint density at radius 1 is 1.25 bits per heavy atom. The molecule has 0 spiro atoms. The summed E-state index contributed by atoms with van der Waals surface area (Å²) in [6.45, 7) is 5.06. The summed E-state index contributed by atoms with van der Waals surface area (Å²) in [6.07, 6.45) is 0. The Balaban J connectivity index is 2.36. The van der Waals surface area contributed by atoms with E-state index in [4.69, 9.17) is 10.7 Å². The number of nitrogens with two attached hydrogens (primary N) is 1. The first-order valence-electron chi connectivity index (χ1n) is 6.63. The number of aromatic nitrogens is 2. The topological polar surface area (TPSA) is 43.8 Å². The molecule has 102 valence electrons. The maximum atomic E-state index is 6.17. The Morgan fingerprint density at radius 3 is 2.75 bits per heavy atom. The number of rotatable bonds is 2. The van der Waals surface area contributed by atoms with E-state index in [1.54, 1.807) is 0 Å². The van der Waals surface area contributed by atoms with Crippen LogP contribution in [0, 0.1) is 6.92 Å². The highest BCUT2D eigenvalue weighted by atomic mass is 79.9. The quantitative estimate of drug-likeness (QED) is 0.709. The molecule has 1 heterocycles. The molecule has 0 saturated heterocycles. The highest BCUT2D eigenvalue weighted by molar-refractivity contribution is 9.10. The molecule has 2 N–H and O–H groups in total. The zero-order valence-electron chi connectivity index (χ0n) is 11.5. The first-order valence-corrected chi connectivity index (χ1v) is 7.42. The molecule has 0 unspecified atom stereocenters. The van der Waals surface area contributed by atoms with Crippen LogP contribution in [0.4, 0.5) is 5.69 Å². The van der Waals surface area contributed by atoms with Crippen LogP contribution >= 0.6 is 15.9 Å². The zero-order chi connectivity index (χ0) is 14.3. The van der Waals surface area contributed by atoms with Gasteiger partial charge < -0.3 is 10.3 Å². The molecule has 0 fully saturated rings. The largest absolute Gasteiger partial charge is 0.398 e. The number of benzene rings is 2. The Morgan fingerprint density at radius 2 is 2.05 bits per heavy atom. The van der Waals surface area contributed by atoms with Crippen LogP contribution in [0.1, 0.15) is 12.5 Å². The Hall–Kier alpha value is -1.81. The fraction of sp³-hybridized carbons (Fsp3) is 0.188. The van der Waals surface area contributed by atoms with Crippen LogP contribution in [0.3, 0.4) is 0 Å². The normalized spacial score (nSPS) is 11.2. The summed E-state index contributed by atoms with van der Waals surface area (Å²) in [6, 6.07) is 12.1. The molecule has 1 aromatic heterocycles. The van der Waals surface area contributed by atoms with Crippen LogP contribution < -0.4 is 5.73 Å². The number of imidazole rings is 1. The molecule has 20 heavy (non-hydrogen) atoms. The number of nitrogen functional groups attached to an aromatic ring is 1. The third-order valence-corrected chi connectivity index (χ3v) is 4.05. The molecule has 0 bridgehead atoms. The second kappa shape index (κ2) is 4.94. The molecule has 0 aliphatic rings. The number of anilines is 1. The summed E-state index contributed by atoms with van der Waals surface area (Å²) < 4.78 is 3.25. The first kappa shape index (κ1) is 13.2. The predicted molar refractivity (Wildman–Crippen MR) is 87.7 cm³/mol. The molecule has 0 aliphatic carbocycles. The van der Waals surface area contributed by atoms with Gasteiger partial charge in [-0.25, -0.2) is 4.98 Å². The van der Waals surface area contributed by atoms with Crippen molar-refractivity contribution in [1.29, 1.82) is 0 Å². The second-order valence-corrected chi connectivity index (χ2v) is 5.77. The van der Waals surface area contributed by atoms with Crippen molar-refractivity contribution < 1.29 is 0 Å². The van der Waals surface area contributed by atoms with Crippen LogP contribution in [-0.4, -0.2) is 9.55 Å². The van der Waals surface area contributed by atoms with Crippen molar-refractivity contribution in [2.24, 2.45) is 0 Å². The molecule has 0 radical (unpaired) electrons. The van der Waals surface area contributed by atoms with Crippen LogP contribution in [0.15, 0.2) is 40.9 Å². The third kappa shape index (κ3) is 2.00. The van der Waals surface area contributed by atoms with Crippen molar-refractivity contribution >= 4 is 32.7 Å². The zero-order valence-corrected chi connectivity index (χ0v) is 13.1. The standard InChI is InChI=1S/C16H16BrN3/c1-3-20-14-8-7-11(17)9-13(14)19-16(20)15-10(2)5-4-6-12(15)18/h4-9H,3,18H2,1-2H3. The van der Waals surface area contributed by atoms with Gasteiger partial charge in [0, 0.05) is 22.3 Å². The number of aryl methyl sites for hydroxylation is 2. The average molecular weight is 330 g/mol. The van der Waals surface area contributed by atoms with Gasteiger partial charge in [-0.1, -0.05) is 28.1 Å². The van der Waals surface area contributed by atoms with Crippen LogP contribution in [0.5, 0.6) is 0 Å². The lowest BCUT2D eigenvalue weighted by molar-refractivity contribution is 0.796. The van der Waals surface area contributed by atoms with Gasteiger partial charge in [-0.3, -0.25) is 0 Å². The summed E-state index contributed by atoms with van der Waals surface area (Å²) in [4.78, 5) is 4.79. The van der Waals surface area contributed by atoms with E-state index >= 15 is 0 Å². The molecule has 3 aromatic rings. The van der Waals surface area contributed by atoms with Gasteiger partial charge in [0.15, 0.2) is 0 Å². The molecule has 0 amide bonds. The Kier molecular flexibility index (Phi) is 3.26. The molecular weight excluding hydrogens is 314 g/mol. The lowest BCUT2D eigenvalue weighted by Gasteiger charge is -2.11. The fourth-order valence-electron chi connectivity index (χ4n) is 2.61. The minimum Gasteiger partial charge on any atom is -0.398 e. The van der Waals surface area contributed by atoms with E-state index in [1.165, 1.54) is 0 Å². The van der Waals surface area contributed by atoms with Crippen LogP contribution in [0.25, 0.3) is 22.4 Å². The van der Waals surface area contributed by atoms with Gasteiger partial charge in [0.05, 0.1) is 11.0 Å². The molecule has 4 heteroatoms. The number of nitrogens with zero attached hydrogens (tertiary/aromatic N) is 2. The summed E-state index contributed by atoms with van der Waals surface area (Å²) in [5.74, 6) is 0.941. The first-order chi connectivity index (χ1) is 9.61. The van der Waals surface area contributed by atoms with E-state index in [0.717, 1.165) is 44.7 Å². The van der Waals surface area contributed by atoms with E-state index in [9.17, 15) is 0 Å². The minimum absolute atomic E-state index is 0.772. The van der Waals surface area contributed by atoms with Gasteiger partial charge in [-0.15, -0.1) is 0 Å². The van der Waals surface area contributed by atoms with Crippen LogP contribution in [0.2, 0.25) is 0 Å². The number of halogens is 1. The van der Waals surface area contributed by atoms with Gasteiger partial charge in [0.1, 0.15) is 5.82 Å². The lowest BCUT2D eigenvalue weighted by atomic mass is 10.1. The van der Waals surface area contributed by atoms with Gasteiger partial charge >= 0.3 is 0 Å². The molecule has 3 rings (SSSR count). The van der Waals surface area contributed by atoms with E-state index in [-0.39, 0.29) is 0 Å². The van der Waals surface area contributed by atoms with Crippen LogP contribution in [-0.2, 0) is 6.54 Å². The van der Waals surface area contributed by atoms with Gasteiger partial charge in [-0.05, 0) is 43.7 Å². The van der Waals surface area contributed by atoms with Crippen molar-refractivity contribution in [3.05, 3.63) is 46.4 Å². The average Bonchev–Trinajstić information content (AvgIpc) is 2.75. The lowest BCUT2D eigenvalue weighted by Crippen LogP contribution is -2.01. The van der Waals surface area contributed by atoms with Crippen molar-refractivity contribution in [1.82, 2.24) is 9.55 Å². The smallest absolute Gasteiger partial charge is 0.143 e. The van der Waals surface area contributed by atoms with E-state index in [0.29, 0.717) is 0 Å². The van der Waals surface area contributed by atoms with E-state index in [2.05, 4.69) is 46.5 Å². The number of fused-ring (bicyclic) bond motifs is 1. The Labute approximate surface area is 126 Å². The summed E-state index contributed by atoms with van der Waals surface area (Å²) >= 11 is 3.50. The van der Waals surface area contributed by atoms with Gasteiger partial charge in [0.2, 0.25) is 0 Å². The number of hydrogen-bond donors (Lipinski definition) is 1. The van der Waals surface area contributed by atoms with E-state index in [1.807, 2.05) is 24.3 Å². The van der Waals surface area contributed by atoms with Gasteiger partial charge in [-0.2, -0.15) is 0 Å². The molecule has 0 saturated carbocycles. The highest BCUT2D eigenvalue weighted by Gasteiger charge is 2.15. The van der Waals surface area contributed by atoms with Crippen molar-refractivity contribution in [3.8, 4) is 11.4 Å². The van der Waals surface area contributed by atoms with Crippen molar-refractivity contribution in [3.63, 3.8) is 0 Å². The summed E-state index contributed by atoms with van der Waals surface area (Å²) in [7, 11) is 0. The molecule has 2 aromatic carbocycles. The maximum absolute atomic E-state index is 6.17. The molecule has 0 atom stereocenters. The minimum atomic E-state index is 0.772. The maximum Gasteiger partial charge on any atom is 0.143 e. The van der Waals surface area contributed by atoms with Crippen molar-refractivity contribution in [2.45, 2.75) is 20.4 Å². The molecular formula is C16H16BrN3.